The highest BCUT2D eigenvalue weighted by Gasteiger charge is 2.23. The lowest BCUT2D eigenvalue weighted by atomic mass is 10.2. The van der Waals surface area contributed by atoms with E-state index in [0.29, 0.717) is 29.6 Å². The second kappa shape index (κ2) is 8.45. The molecule has 1 aromatic heterocycles. The van der Waals surface area contributed by atoms with Crippen LogP contribution in [0.2, 0.25) is 0 Å². The van der Waals surface area contributed by atoms with Gasteiger partial charge in [-0.3, -0.25) is 9.69 Å². The number of carbonyl (C=O) groups is 1. The van der Waals surface area contributed by atoms with Gasteiger partial charge in [-0.15, -0.1) is 0 Å². The number of amides is 1. The Bertz CT molecular complexity index is 925. The second-order valence-electron chi connectivity index (χ2n) is 6.45. The number of nitrogens with zero attached hydrogens (tertiary/aromatic N) is 2. The summed E-state index contributed by atoms with van der Waals surface area (Å²) in [5.74, 6) is 0.162. The number of rotatable bonds is 7. The lowest BCUT2D eigenvalue weighted by Gasteiger charge is -2.20. The zero-order valence-corrected chi connectivity index (χ0v) is 16.5. The van der Waals surface area contributed by atoms with Gasteiger partial charge in [0, 0.05) is 5.56 Å². The Morgan fingerprint density at radius 1 is 1.22 bits per heavy atom. The van der Waals surface area contributed by atoms with Gasteiger partial charge < -0.3 is 9.64 Å². The van der Waals surface area contributed by atoms with Gasteiger partial charge in [0.05, 0.1) is 38.5 Å². The number of quaternary nitrogens is 1. The van der Waals surface area contributed by atoms with E-state index in [1.165, 1.54) is 40.5 Å². The van der Waals surface area contributed by atoms with Crippen molar-refractivity contribution < 1.29 is 18.8 Å². The number of anilines is 1. The number of ether oxygens (including phenoxy) is 1. The van der Waals surface area contributed by atoms with Crippen LogP contribution in [0.25, 0.3) is 10.2 Å². The average Bonchev–Trinajstić information content (AvgIpc) is 3.07. The number of thiazole rings is 1. The minimum atomic E-state index is -0.364. The topological polar surface area (TPSA) is 46.9 Å². The third kappa shape index (κ3) is 4.43. The highest BCUT2D eigenvalue weighted by atomic mass is 32.1. The summed E-state index contributed by atoms with van der Waals surface area (Å²) in [5.41, 5.74) is 1.20. The number of nitrogens with one attached hydrogen (secondary N) is 1. The maximum Gasteiger partial charge on any atom is 0.260 e. The Hall–Kier alpha value is -2.51. The molecule has 0 spiro atoms. The highest BCUT2D eigenvalue weighted by Crippen LogP contribution is 2.34. The molecule has 0 radical (unpaired) electrons. The molecule has 2 aromatic carbocycles. The van der Waals surface area contributed by atoms with Crippen molar-refractivity contribution in [1.82, 2.24) is 4.98 Å². The molecule has 0 saturated heterocycles. The van der Waals surface area contributed by atoms with Crippen LogP contribution in [0.4, 0.5) is 9.52 Å². The van der Waals surface area contributed by atoms with Crippen LogP contribution in [0.1, 0.15) is 17.3 Å². The van der Waals surface area contributed by atoms with Gasteiger partial charge in [-0.2, -0.15) is 0 Å². The molecular formula is C20H23FN3O2S+. The zero-order valence-electron chi connectivity index (χ0n) is 15.7. The van der Waals surface area contributed by atoms with Crippen molar-refractivity contribution in [1.29, 1.82) is 0 Å². The minimum absolute atomic E-state index is 0.187. The van der Waals surface area contributed by atoms with Crippen molar-refractivity contribution in [2.75, 3.05) is 38.7 Å². The van der Waals surface area contributed by atoms with Crippen LogP contribution in [0.15, 0.2) is 42.5 Å². The largest absolute Gasteiger partial charge is 0.492 e. The molecule has 1 amide bonds. The fourth-order valence-electron chi connectivity index (χ4n) is 2.67. The van der Waals surface area contributed by atoms with Crippen LogP contribution < -0.4 is 14.5 Å². The zero-order chi connectivity index (χ0) is 19.4. The van der Waals surface area contributed by atoms with Crippen molar-refractivity contribution in [3.05, 3.63) is 53.8 Å². The van der Waals surface area contributed by atoms with E-state index in [1.807, 2.05) is 39.2 Å². The normalized spacial score (nSPS) is 11.1. The quantitative estimate of drug-likeness (QED) is 0.677. The third-order valence-corrected chi connectivity index (χ3v) is 5.12. The molecule has 0 aliphatic rings. The van der Waals surface area contributed by atoms with Crippen LogP contribution in [0.5, 0.6) is 5.75 Å². The van der Waals surface area contributed by atoms with Crippen LogP contribution >= 0.6 is 11.3 Å². The number of halogens is 1. The lowest BCUT2D eigenvalue weighted by Crippen LogP contribution is -3.06. The summed E-state index contributed by atoms with van der Waals surface area (Å²) in [6, 6.07) is 11.4. The molecule has 0 saturated carbocycles. The number of likely N-dealkylation sites (N-methyl/N-ethyl adjacent to an activating group) is 1. The molecule has 5 nitrogen and oxygen atoms in total. The van der Waals surface area contributed by atoms with E-state index in [2.05, 4.69) is 4.98 Å². The fourth-order valence-corrected chi connectivity index (χ4v) is 3.67. The summed E-state index contributed by atoms with van der Waals surface area (Å²) in [4.78, 5) is 20.7. The Balaban J connectivity index is 1.99. The van der Waals surface area contributed by atoms with E-state index < -0.39 is 0 Å². The Kier molecular flexibility index (Phi) is 6.03. The summed E-state index contributed by atoms with van der Waals surface area (Å²) in [6.45, 7) is 3.76. The standard InChI is InChI=1S/C20H22FN3O2S/c1-4-26-16-6-5-7-17-18(16)22-20(27-17)24(13-12-23(2)3)19(25)14-8-10-15(21)11-9-14/h5-11H,4,12-13H2,1-3H3/p+1. The van der Waals surface area contributed by atoms with Crippen LogP contribution in [0.3, 0.4) is 0 Å². The minimum Gasteiger partial charge on any atom is -0.492 e. The third-order valence-electron chi connectivity index (χ3n) is 4.07. The first-order valence-electron chi connectivity index (χ1n) is 8.88. The highest BCUT2D eigenvalue weighted by molar-refractivity contribution is 7.22. The van der Waals surface area contributed by atoms with Gasteiger partial charge in [-0.05, 0) is 43.3 Å². The molecular weight excluding hydrogens is 365 g/mol. The SMILES string of the molecule is CCOc1cccc2sc(N(CC[NH+](C)C)C(=O)c3ccc(F)cc3)nc12. The van der Waals surface area contributed by atoms with Crippen LogP contribution in [0, 0.1) is 5.82 Å². The molecule has 0 fully saturated rings. The molecule has 1 heterocycles. The molecule has 0 aliphatic carbocycles. The lowest BCUT2D eigenvalue weighted by molar-refractivity contribution is -0.856. The van der Waals surface area contributed by atoms with Gasteiger partial charge in [0.15, 0.2) is 5.13 Å². The molecule has 1 N–H and O–H groups in total. The van der Waals surface area contributed by atoms with E-state index in [-0.39, 0.29) is 11.7 Å². The maximum atomic E-state index is 13.2. The number of aromatic nitrogens is 1. The molecule has 0 unspecified atom stereocenters. The van der Waals surface area contributed by atoms with Crippen molar-refractivity contribution in [3.63, 3.8) is 0 Å². The predicted molar refractivity (Wildman–Crippen MR) is 107 cm³/mol. The summed E-state index contributed by atoms with van der Waals surface area (Å²) in [7, 11) is 4.07. The summed E-state index contributed by atoms with van der Waals surface area (Å²) in [6.07, 6.45) is 0. The molecule has 0 atom stereocenters. The molecule has 0 aliphatic heterocycles. The van der Waals surface area contributed by atoms with Gasteiger partial charge in [-0.1, -0.05) is 17.4 Å². The van der Waals surface area contributed by atoms with Crippen molar-refractivity contribution >= 4 is 32.6 Å². The second-order valence-corrected chi connectivity index (χ2v) is 7.46. The Morgan fingerprint density at radius 2 is 1.96 bits per heavy atom. The van der Waals surface area contributed by atoms with Gasteiger partial charge >= 0.3 is 0 Å². The summed E-state index contributed by atoms with van der Waals surface area (Å²) in [5, 5.41) is 0.618. The monoisotopic (exact) mass is 388 g/mol. The number of benzene rings is 2. The first kappa shape index (κ1) is 19.3. The Labute approximate surface area is 162 Å². The predicted octanol–water partition coefficient (Wildman–Crippen LogP) is 2.63. The molecule has 3 rings (SSSR count). The van der Waals surface area contributed by atoms with Crippen molar-refractivity contribution in [2.24, 2.45) is 0 Å². The molecule has 7 heteroatoms. The first-order chi connectivity index (χ1) is 13.0. The van der Waals surface area contributed by atoms with Gasteiger partial charge in [-0.25, -0.2) is 9.37 Å². The van der Waals surface area contributed by atoms with Gasteiger partial charge in [0.25, 0.3) is 5.91 Å². The first-order valence-corrected chi connectivity index (χ1v) is 9.70. The van der Waals surface area contributed by atoms with Gasteiger partial charge in [0.2, 0.25) is 0 Å². The van der Waals surface area contributed by atoms with E-state index in [9.17, 15) is 9.18 Å². The van der Waals surface area contributed by atoms with Gasteiger partial charge in [0.1, 0.15) is 17.1 Å². The molecule has 3 aromatic rings. The van der Waals surface area contributed by atoms with E-state index in [1.54, 1.807) is 4.90 Å². The number of hydrogen-bond donors (Lipinski definition) is 1. The van der Waals surface area contributed by atoms with Crippen LogP contribution in [-0.2, 0) is 0 Å². The summed E-state index contributed by atoms with van der Waals surface area (Å²) >= 11 is 1.45. The smallest absolute Gasteiger partial charge is 0.260 e. The number of carbonyl (C=O) groups excluding carboxylic acids is 1. The number of para-hydroxylation sites is 1. The van der Waals surface area contributed by atoms with E-state index in [0.717, 1.165) is 16.8 Å². The molecule has 0 bridgehead atoms. The molecule has 27 heavy (non-hydrogen) atoms. The Morgan fingerprint density at radius 3 is 2.63 bits per heavy atom. The maximum absolute atomic E-state index is 13.2. The van der Waals surface area contributed by atoms with E-state index in [4.69, 9.17) is 4.74 Å². The average molecular weight is 388 g/mol. The van der Waals surface area contributed by atoms with Crippen LogP contribution in [-0.4, -0.2) is 44.7 Å². The number of hydrogen-bond acceptors (Lipinski definition) is 4. The number of fused-ring (bicyclic) bond motifs is 1. The van der Waals surface area contributed by atoms with Crippen molar-refractivity contribution in [3.8, 4) is 5.75 Å². The summed E-state index contributed by atoms with van der Waals surface area (Å²) < 4.78 is 19.9. The molecule has 142 valence electrons. The fraction of sp³-hybridized carbons (Fsp3) is 0.300. The van der Waals surface area contributed by atoms with E-state index >= 15 is 0 Å². The van der Waals surface area contributed by atoms with Crippen molar-refractivity contribution in [2.45, 2.75) is 6.92 Å².